The van der Waals surface area contributed by atoms with Crippen molar-refractivity contribution in [2.24, 2.45) is 0 Å². The zero-order chi connectivity index (χ0) is 22.0. The van der Waals surface area contributed by atoms with E-state index < -0.39 is 0 Å². The first-order chi connectivity index (χ1) is 15.0. The molecule has 1 aliphatic heterocycles. The first-order valence-electron chi connectivity index (χ1n) is 10.4. The van der Waals surface area contributed by atoms with Crippen molar-refractivity contribution in [3.63, 3.8) is 0 Å². The number of ether oxygens (including phenoxy) is 1. The number of aryl methyl sites for hydroxylation is 1. The number of carbonyl (C=O) groups excluding carboxylic acids is 2. The smallest absolute Gasteiger partial charge is 0.255 e. The molecule has 1 heterocycles. The third-order valence-corrected chi connectivity index (χ3v) is 5.98. The van der Waals surface area contributed by atoms with Gasteiger partial charge in [0.15, 0.2) is 0 Å². The lowest BCUT2D eigenvalue weighted by molar-refractivity contribution is -0.117. The van der Waals surface area contributed by atoms with Gasteiger partial charge < -0.3 is 15.0 Å². The third-order valence-electron chi connectivity index (χ3n) is 5.98. The van der Waals surface area contributed by atoms with Gasteiger partial charge in [0.2, 0.25) is 5.91 Å². The predicted octanol–water partition coefficient (Wildman–Crippen LogP) is 5.04. The molecule has 5 nitrogen and oxygen atoms in total. The lowest BCUT2D eigenvalue weighted by atomic mass is 10.0. The van der Waals surface area contributed by atoms with Gasteiger partial charge in [-0.1, -0.05) is 42.5 Å². The molecule has 1 atom stereocenters. The van der Waals surface area contributed by atoms with E-state index in [0.29, 0.717) is 12.1 Å². The average Bonchev–Trinajstić information content (AvgIpc) is 3.12. The van der Waals surface area contributed by atoms with Gasteiger partial charge in [0.05, 0.1) is 19.6 Å². The maximum atomic E-state index is 13.1. The number of nitrogens with one attached hydrogen (secondary N) is 1. The second kappa shape index (κ2) is 8.64. The van der Waals surface area contributed by atoms with Crippen molar-refractivity contribution in [1.29, 1.82) is 0 Å². The number of anilines is 1. The zero-order valence-corrected chi connectivity index (χ0v) is 18.0. The lowest BCUT2D eigenvalue weighted by Crippen LogP contribution is -2.32. The second-order valence-corrected chi connectivity index (χ2v) is 7.88. The van der Waals surface area contributed by atoms with Crippen LogP contribution >= 0.6 is 0 Å². The number of benzene rings is 3. The summed E-state index contributed by atoms with van der Waals surface area (Å²) >= 11 is 0. The average molecular weight is 415 g/mol. The molecule has 0 bridgehead atoms. The summed E-state index contributed by atoms with van der Waals surface area (Å²) in [6.07, 6.45) is 0.166. The number of fused-ring (bicyclic) bond motifs is 1. The highest BCUT2D eigenvalue weighted by molar-refractivity contribution is 5.99. The van der Waals surface area contributed by atoms with Gasteiger partial charge in [-0.05, 0) is 60.4 Å². The molecule has 1 N–H and O–H groups in total. The van der Waals surface area contributed by atoms with Crippen LogP contribution < -0.4 is 10.1 Å². The molecule has 0 spiro atoms. The van der Waals surface area contributed by atoms with Gasteiger partial charge in [0.1, 0.15) is 5.75 Å². The van der Waals surface area contributed by atoms with Crippen LogP contribution in [0, 0.1) is 13.8 Å². The molecule has 0 fully saturated rings. The molecule has 0 aromatic heterocycles. The summed E-state index contributed by atoms with van der Waals surface area (Å²) < 4.78 is 5.27. The summed E-state index contributed by atoms with van der Waals surface area (Å²) in [6, 6.07) is 20.7. The molecular weight excluding hydrogens is 388 g/mol. The van der Waals surface area contributed by atoms with E-state index in [0.717, 1.165) is 33.7 Å². The molecule has 4 rings (SSSR count). The van der Waals surface area contributed by atoms with Crippen molar-refractivity contribution in [3.8, 4) is 5.75 Å². The Kier molecular flexibility index (Phi) is 5.76. The number of hydrogen-bond acceptors (Lipinski definition) is 3. The molecule has 158 valence electrons. The van der Waals surface area contributed by atoms with Crippen LogP contribution in [0.4, 0.5) is 5.69 Å². The summed E-state index contributed by atoms with van der Waals surface area (Å²) in [4.78, 5) is 28.0. The van der Waals surface area contributed by atoms with Gasteiger partial charge >= 0.3 is 0 Å². The number of rotatable bonds is 6. The predicted molar refractivity (Wildman–Crippen MR) is 121 cm³/mol. The SMILES string of the molecule is COc1ccc(C(CC(=O)Nc2cccc(C)c2C)N2Cc3ccccc3C2=O)cc1. The van der Waals surface area contributed by atoms with Gasteiger partial charge in [-0.25, -0.2) is 0 Å². The van der Waals surface area contributed by atoms with E-state index in [2.05, 4.69) is 5.32 Å². The number of amides is 2. The second-order valence-electron chi connectivity index (χ2n) is 7.88. The molecule has 2 amide bonds. The molecule has 0 saturated heterocycles. The van der Waals surface area contributed by atoms with Crippen molar-refractivity contribution in [2.45, 2.75) is 32.9 Å². The molecule has 5 heteroatoms. The summed E-state index contributed by atoms with van der Waals surface area (Å²) in [5.74, 6) is 0.563. The normalized spacial score (nSPS) is 13.6. The van der Waals surface area contributed by atoms with E-state index in [1.54, 1.807) is 12.0 Å². The highest BCUT2D eigenvalue weighted by atomic mass is 16.5. The largest absolute Gasteiger partial charge is 0.497 e. The monoisotopic (exact) mass is 414 g/mol. The quantitative estimate of drug-likeness (QED) is 0.615. The first-order valence-corrected chi connectivity index (χ1v) is 10.4. The minimum absolute atomic E-state index is 0.0454. The summed E-state index contributed by atoms with van der Waals surface area (Å²) in [7, 11) is 1.62. The Morgan fingerprint density at radius 1 is 1.03 bits per heavy atom. The van der Waals surface area contributed by atoms with Crippen LogP contribution in [0.3, 0.4) is 0 Å². The fourth-order valence-corrected chi connectivity index (χ4v) is 4.03. The summed E-state index contributed by atoms with van der Waals surface area (Å²) in [6.45, 7) is 4.50. The van der Waals surface area contributed by atoms with Crippen molar-refractivity contribution in [2.75, 3.05) is 12.4 Å². The van der Waals surface area contributed by atoms with Gasteiger partial charge in [-0.15, -0.1) is 0 Å². The van der Waals surface area contributed by atoms with Crippen molar-refractivity contribution in [3.05, 3.63) is 94.5 Å². The first kappa shape index (κ1) is 20.7. The fourth-order valence-electron chi connectivity index (χ4n) is 4.03. The van der Waals surface area contributed by atoms with Crippen molar-refractivity contribution < 1.29 is 14.3 Å². The molecule has 3 aromatic carbocycles. The topological polar surface area (TPSA) is 58.6 Å². The Labute approximate surface area is 182 Å². The highest BCUT2D eigenvalue weighted by Gasteiger charge is 2.34. The Hall–Kier alpha value is -3.60. The fraction of sp³-hybridized carbons (Fsp3) is 0.231. The molecule has 31 heavy (non-hydrogen) atoms. The van der Waals surface area contributed by atoms with Crippen LogP contribution in [-0.4, -0.2) is 23.8 Å². The molecular formula is C26H26N2O3. The van der Waals surface area contributed by atoms with Gasteiger partial charge in [-0.3, -0.25) is 9.59 Å². The van der Waals surface area contributed by atoms with Gasteiger partial charge in [-0.2, -0.15) is 0 Å². The Balaban J connectivity index is 1.62. The maximum Gasteiger partial charge on any atom is 0.255 e. The van der Waals surface area contributed by atoms with Crippen molar-refractivity contribution >= 4 is 17.5 Å². The molecule has 0 radical (unpaired) electrons. The van der Waals surface area contributed by atoms with Crippen LogP contribution in [0.2, 0.25) is 0 Å². The third kappa shape index (κ3) is 4.17. The van der Waals surface area contributed by atoms with E-state index in [-0.39, 0.29) is 24.3 Å². The molecule has 0 aliphatic carbocycles. The van der Waals surface area contributed by atoms with Gasteiger partial charge in [0, 0.05) is 17.8 Å². The molecule has 1 unspecified atom stereocenters. The van der Waals surface area contributed by atoms with Crippen LogP contribution in [0.25, 0.3) is 0 Å². The lowest BCUT2D eigenvalue weighted by Gasteiger charge is -2.28. The number of methoxy groups -OCH3 is 1. The van der Waals surface area contributed by atoms with E-state index in [9.17, 15) is 9.59 Å². The molecule has 1 aliphatic rings. The Morgan fingerprint density at radius 2 is 1.77 bits per heavy atom. The van der Waals surface area contributed by atoms with E-state index >= 15 is 0 Å². The molecule has 0 saturated carbocycles. The number of carbonyl (C=O) groups is 2. The van der Waals surface area contributed by atoms with E-state index in [4.69, 9.17) is 4.74 Å². The Bertz CT molecular complexity index is 1120. The van der Waals surface area contributed by atoms with Crippen LogP contribution in [0.15, 0.2) is 66.7 Å². The van der Waals surface area contributed by atoms with Crippen molar-refractivity contribution in [1.82, 2.24) is 4.90 Å². The number of hydrogen-bond donors (Lipinski definition) is 1. The summed E-state index contributed by atoms with van der Waals surface area (Å²) in [5.41, 5.74) is 5.56. The van der Waals surface area contributed by atoms with Crippen LogP contribution in [0.5, 0.6) is 5.75 Å². The highest BCUT2D eigenvalue weighted by Crippen LogP contribution is 2.34. The standard InChI is InChI=1S/C26H26N2O3/c1-17-7-6-10-23(18(17)2)27-25(29)15-24(19-11-13-21(31-3)14-12-19)28-16-20-8-4-5-9-22(20)26(28)30/h4-14,24H,15-16H2,1-3H3,(H,27,29). The van der Waals surface area contributed by atoms with Crippen LogP contribution in [0.1, 0.15) is 45.1 Å². The number of nitrogens with zero attached hydrogens (tertiary/aromatic N) is 1. The minimum Gasteiger partial charge on any atom is -0.497 e. The zero-order valence-electron chi connectivity index (χ0n) is 18.0. The van der Waals surface area contributed by atoms with E-state index in [1.807, 2.05) is 80.6 Å². The summed E-state index contributed by atoms with van der Waals surface area (Å²) in [5, 5.41) is 3.03. The Morgan fingerprint density at radius 3 is 2.48 bits per heavy atom. The maximum absolute atomic E-state index is 13.1. The van der Waals surface area contributed by atoms with Gasteiger partial charge in [0.25, 0.3) is 5.91 Å². The van der Waals surface area contributed by atoms with Crippen LogP contribution in [-0.2, 0) is 11.3 Å². The van der Waals surface area contributed by atoms with E-state index in [1.165, 1.54) is 0 Å². The molecule has 3 aromatic rings. The minimum atomic E-state index is -0.379.